The Hall–Kier alpha value is -4.34. The van der Waals surface area contributed by atoms with E-state index >= 15 is 0 Å². The van der Waals surface area contributed by atoms with Crippen molar-refractivity contribution in [3.8, 4) is 0 Å². The van der Waals surface area contributed by atoms with Gasteiger partial charge in [0.2, 0.25) is 0 Å². The van der Waals surface area contributed by atoms with E-state index in [4.69, 9.17) is 47.4 Å². The zero-order chi connectivity index (χ0) is 40.2. The molecule has 0 spiro atoms. The van der Waals surface area contributed by atoms with Gasteiger partial charge < -0.3 is 52.5 Å². The lowest BCUT2D eigenvalue weighted by Crippen LogP contribution is -2.66. The number of hydrogen-bond donors (Lipinski definition) is 1. The van der Waals surface area contributed by atoms with E-state index in [-0.39, 0.29) is 33.0 Å². The Morgan fingerprint density at radius 1 is 0.525 bits per heavy atom. The Balaban J connectivity index is 1.11. The predicted molar refractivity (Wildman–Crippen MR) is 216 cm³/mol. The molecule has 8 rings (SSSR count). The van der Waals surface area contributed by atoms with Gasteiger partial charge in [-0.15, -0.1) is 0 Å². The van der Waals surface area contributed by atoms with Gasteiger partial charge in [0.15, 0.2) is 18.9 Å². The summed E-state index contributed by atoms with van der Waals surface area (Å²) in [6, 6.07) is 49.3. The molecule has 0 aliphatic carbocycles. The Labute approximate surface area is 345 Å². The molecular weight excluding hydrogens is 753 g/mol. The molecule has 5 aromatic carbocycles. The molecule has 0 aromatic heterocycles. The Morgan fingerprint density at radius 2 is 1.02 bits per heavy atom. The molecule has 3 heterocycles. The highest BCUT2D eigenvalue weighted by atomic mass is 16.8. The Bertz CT molecular complexity index is 1940. The van der Waals surface area contributed by atoms with Crippen LogP contribution in [-0.4, -0.2) is 86.8 Å². The minimum Gasteiger partial charge on any atom is -0.387 e. The largest absolute Gasteiger partial charge is 0.387 e. The fourth-order valence-corrected chi connectivity index (χ4v) is 7.69. The van der Waals surface area contributed by atoms with E-state index in [1.165, 1.54) is 7.11 Å². The van der Waals surface area contributed by atoms with E-state index in [0.29, 0.717) is 6.61 Å². The van der Waals surface area contributed by atoms with E-state index in [9.17, 15) is 5.11 Å². The first-order chi connectivity index (χ1) is 29.1. The van der Waals surface area contributed by atoms with Crippen LogP contribution in [0.2, 0.25) is 0 Å². The van der Waals surface area contributed by atoms with E-state index in [0.717, 1.165) is 27.8 Å². The predicted octanol–water partition coefficient (Wildman–Crippen LogP) is 6.92. The molecule has 3 aliphatic rings. The molecule has 11 heteroatoms. The summed E-state index contributed by atoms with van der Waals surface area (Å²) < 4.78 is 65.2. The van der Waals surface area contributed by atoms with Gasteiger partial charge in [0.1, 0.15) is 48.8 Å². The van der Waals surface area contributed by atoms with Crippen LogP contribution in [0.15, 0.2) is 152 Å². The van der Waals surface area contributed by atoms with Crippen molar-refractivity contribution in [2.75, 3.05) is 20.3 Å². The summed E-state index contributed by atoms with van der Waals surface area (Å²) in [5.41, 5.74) is 4.76. The van der Waals surface area contributed by atoms with Crippen LogP contribution >= 0.6 is 0 Å². The van der Waals surface area contributed by atoms with Crippen LogP contribution in [0.5, 0.6) is 0 Å². The number of ether oxygens (including phenoxy) is 10. The van der Waals surface area contributed by atoms with Gasteiger partial charge in [-0.2, -0.15) is 0 Å². The third kappa shape index (κ3) is 10.7. The highest BCUT2D eigenvalue weighted by Gasteiger charge is 2.55. The lowest BCUT2D eigenvalue weighted by Gasteiger charge is -2.50. The molecule has 3 aliphatic heterocycles. The molecule has 59 heavy (non-hydrogen) atoms. The number of fused-ring (bicyclic) bond motifs is 1. The quantitative estimate of drug-likeness (QED) is 0.106. The monoisotopic (exact) mass is 804 g/mol. The number of rotatable bonds is 17. The summed E-state index contributed by atoms with van der Waals surface area (Å²) >= 11 is 0. The molecule has 0 bridgehead atoms. The number of aliphatic hydroxyl groups is 1. The second-order valence-electron chi connectivity index (χ2n) is 14.9. The van der Waals surface area contributed by atoms with Crippen molar-refractivity contribution in [1.82, 2.24) is 0 Å². The summed E-state index contributed by atoms with van der Waals surface area (Å²) in [7, 11) is 1.51. The maximum atomic E-state index is 12.1. The van der Waals surface area contributed by atoms with Crippen LogP contribution in [0.3, 0.4) is 0 Å². The van der Waals surface area contributed by atoms with Gasteiger partial charge in [0, 0.05) is 12.7 Å². The summed E-state index contributed by atoms with van der Waals surface area (Å²) in [5, 5.41) is 12.1. The third-order valence-corrected chi connectivity index (χ3v) is 10.7. The van der Waals surface area contributed by atoms with Crippen LogP contribution in [0.4, 0.5) is 0 Å². The lowest BCUT2D eigenvalue weighted by atomic mass is 9.96. The zero-order valence-electron chi connectivity index (χ0n) is 33.1. The number of aliphatic hydroxyl groups excluding tert-OH is 1. The molecule has 1 N–H and O–H groups in total. The molecule has 3 saturated heterocycles. The van der Waals surface area contributed by atoms with Gasteiger partial charge in [-0.1, -0.05) is 152 Å². The van der Waals surface area contributed by atoms with Crippen molar-refractivity contribution >= 4 is 0 Å². The average molecular weight is 805 g/mol. The lowest BCUT2D eigenvalue weighted by molar-refractivity contribution is -0.396. The topological polar surface area (TPSA) is 113 Å². The first-order valence-electron chi connectivity index (χ1n) is 20.2. The van der Waals surface area contributed by atoms with E-state index < -0.39 is 67.7 Å². The Kier molecular flexibility index (Phi) is 14.6. The molecule has 310 valence electrons. The van der Waals surface area contributed by atoms with Crippen LogP contribution in [0, 0.1) is 0 Å². The summed E-state index contributed by atoms with van der Waals surface area (Å²) in [5.74, 6) is 0. The number of methoxy groups -OCH3 is 1. The van der Waals surface area contributed by atoms with E-state index in [1.807, 2.05) is 152 Å². The summed E-state index contributed by atoms with van der Waals surface area (Å²) in [6.45, 7) is 1.47. The van der Waals surface area contributed by atoms with Crippen LogP contribution in [0.1, 0.15) is 34.1 Å². The zero-order valence-corrected chi connectivity index (χ0v) is 33.1. The van der Waals surface area contributed by atoms with E-state index in [2.05, 4.69) is 0 Å². The van der Waals surface area contributed by atoms with Crippen LogP contribution < -0.4 is 0 Å². The van der Waals surface area contributed by atoms with Gasteiger partial charge in [0.05, 0.1) is 39.6 Å². The maximum absolute atomic E-state index is 12.1. The first-order valence-corrected chi connectivity index (χ1v) is 20.2. The normalized spacial score (nSPS) is 29.4. The molecule has 0 amide bonds. The van der Waals surface area contributed by atoms with Gasteiger partial charge in [-0.3, -0.25) is 0 Å². The van der Waals surface area contributed by atoms with Crippen molar-refractivity contribution < 1.29 is 52.5 Å². The second-order valence-corrected chi connectivity index (χ2v) is 14.9. The molecule has 11 nitrogen and oxygen atoms in total. The fourth-order valence-electron chi connectivity index (χ4n) is 7.69. The maximum Gasteiger partial charge on any atom is 0.187 e. The van der Waals surface area contributed by atoms with Crippen molar-refractivity contribution in [2.24, 2.45) is 0 Å². The highest BCUT2D eigenvalue weighted by Crippen LogP contribution is 2.38. The summed E-state index contributed by atoms with van der Waals surface area (Å²) in [4.78, 5) is 0. The van der Waals surface area contributed by atoms with Crippen molar-refractivity contribution in [3.63, 3.8) is 0 Å². The number of hydrogen-bond acceptors (Lipinski definition) is 11. The minimum atomic E-state index is -1.20. The van der Waals surface area contributed by atoms with Crippen LogP contribution in [-0.2, 0) is 73.8 Å². The number of benzene rings is 5. The van der Waals surface area contributed by atoms with Crippen molar-refractivity contribution in [1.29, 1.82) is 0 Å². The molecule has 0 saturated carbocycles. The molecule has 5 aromatic rings. The SMILES string of the molecule is CO[C@H]1O[C@@H]2COC(c3ccccc3)O[C@H]2[C@H](O)[C@H]1O[C@H]1O[C@H](COCc2ccccc2)[C@@H](OCc2ccccc2)[C@H](OCc2ccccc2)[C@@H]1OCc1ccccc1. The molecule has 0 radical (unpaired) electrons. The Morgan fingerprint density at radius 3 is 1.56 bits per heavy atom. The smallest absolute Gasteiger partial charge is 0.187 e. The van der Waals surface area contributed by atoms with Gasteiger partial charge in [-0.05, 0) is 22.3 Å². The minimum absolute atomic E-state index is 0.145. The molecule has 11 atom stereocenters. The summed E-state index contributed by atoms with van der Waals surface area (Å²) in [6.07, 6.45) is -9.42. The third-order valence-electron chi connectivity index (χ3n) is 10.7. The fraction of sp³-hybridized carbons (Fsp3) is 0.375. The first kappa shape index (κ1) is 41.4. The van der Waals surface area contributed by atoms with Gasteiger partial charge in [-0.25, -0.2) is 0 Å². The van der Waals surface area contributed by atoms with Crippen molar-refractivity contribution in [2.45, 2.75) is 94.1 Å². The van der Waals surface area contributed by atoms with E-state index in [1.54, 1.807) is 0 Å². The second kappa shape index (κ2) is 20.8. The highest BCUT2D eigenvalue weighted by molar-refractivity contribution is 5.18. The molecule has 1 unspecified atom stereocenters. The molecular formula is C48H52O11. The average Bonchev–Trinajstić information content (AvgIpc) is 3.30. The van der Waals surface area contributed by atoms with Crippen molar-refractivity contribution in [3.05, 3.63) is 179 Å². The van der Waals surface area contributed by atoms with Gasteiger partial charge in [0.25, 0.3) is 0 Å². The van der Waals surface area contributed by atoms with Gasteiger partial charge >= 0.3 is 0 Å². The van der Waals surface area contributed by atoms with Crippen LogP contribution in [0.25, 0.3) is 0 Å². The molecule has 3 fully saturated rings. The standard InChI is InChI=1S/C48H52O11/c1-50-47-43(40(49)41-39(56-47)32-55-46(58-41)37-25-15-6-16-26-37)59-48-45(54-30-36-23-13-5-14-24-36)44(53-29-35-21-11-4-12-22-35)42(52-28-34-19-9-3-10-20-34)38(57-48)31-51-27-33-17-7-2-8-18-33/h2-26,38-49H,27-32H2,1H3/t38-,39-,40+,41-,42-,43-,44+,45+,46?,47+,48-/m1/s1.